The first-order valence-electron chi connectivity index (χ1n) is 15.4. The largest absolute Gasteiger partial charge is 0.478 e. The summed E-state index contributed by atoms with van der Waals surface area (Å²) in [5.74, 6) is -1.84. The number of aliphatic hydroxyl groups is 1. The fraction of sp³-hybridized carbons (Fsp3) is 0.412. The Morgan fingerprint density at radius 3 is 2.33 bits per heavy atom. The van der Waals surface area contributed by atoms with Gasteiger partial charge in [0.25, 0.3) is 5.91 Å². The summed E-state index contributed by atoms with van der Waals surface area (Å²) in [6.07, 6.45) is 2.97. The van der Waals surface area contributed by atoms with E-state index in [1.165, 1.54) is 4.90 Å². The molecule has 9 nitrogen and oxygen atoms in total. The number of para-hydroxylation sites is 1. The molecule has 4 heterocycles. The molecule has 2 bridgehead atoms. The summed E-state index contributed by atoms with van der Waals surface area (Å²) in [5.41, 5.74) is 1.98. The van der Waals surface area contributed by atoms with Crippen LogP contribution in [0.3, 0.4) is 0 Å². The van der Waals surface area contributed by atoms with Crippen LogP contribution in [0.1, 0.15) is 58.9 Å². The quantitative estimate of drug-likeness (QED) is 0.331. The standard InChI is InChI=1S/C34H34Cl2FN3O6/c1-34(44)7-9-38(10-8-34)22-11-26(35)30(27(36)12-22)32(41)39-15-19-3-2-4-23(31(19)46-18-39)24-14-29(25(33(42)43)13-28(24)37)40-20-5-6-21(40)17-45-16-20/h2-4,11-14,20-21,44H,5-10,15-18H2,1H3,(H,42,43). The monoisotopic (exact) mass is 669 g/mol. The summed E-state index contributed by atoms with van der Waals surface area (Å²) in [4.78, 5) is 31.6. The van der Waals surface area contributed by atoms with Crippen molar-refractivity contribution in [3.8, 4) is 16.9 Å². The summed E-state index contributed by atoms with van der Waals surface area (Å²) in [6, 6.07) is 11.5. The molecule has 12 heteroatoms. The zero-order valence-electron chi connectivity index (χ0n) is 25.3. The topological polar surface area (TPSA) is 103 Å². The molecule has 2 N–H and O–H groups in total. The van der Waals surface area contributed by atoms with E-state index in [-0.39, 0.29) is 52.1 Å². The number of halogens is 3. The molecule has 4 aliphatic heterocycles. The molecule has 4 aliphatic rings. The van der Waals surface area contributed by atoms with E-state index in [0.29, 0.717) is 61.7 Å². The zero-order chi connectivity index (χ0) is 32.3. The second-order valence-corrected chi connectivity index (χ2v) is 13.6. The van der Waals surface area contributed by atoms with Gasteiger partial charge in [0.05, 0.1) is 64.3 Å². The highest BCUT2D eigenvalue weighted by molar-refractivity contribution is 6.40. The van der Waals surface area contributed by atoms with Gasteiger partial charge in [-0.1, -0.05) is 41.4 Å². The minimum absolute atomic E-state index is 0.0274. The number of aromatic carboxylic acids is 1. The molecule has 0 aromatic heterocycles. The fourth-order valence-corrected chi connectivity index (χ4v) is 7.78. The highest BCUT2D eigenvalue weighted by Crippen LogP contribution is 2.43. The molecule has 0 radical (unpaired) electrons. The first kappa shape index (κ1) is 31.1. The molecule has 3 aromatic carbocycles. The van der Waals surface area contributed by atoms with E-state index in [1.807, 2.05) is 13.0 Å². The number of anilines is 2. The Kier molecular flexibility index (Phi) is 8.03. The van der Waals surface area contributed by atoms with Crippen molar-refractivity contribution in [1.82, 2.24) is 4.90 Å². The number of rotatable bonds is 5. The maximum Gasteiger partial charge on any atom is 0.337 e. The number of nitrogens with zero attached hydrogens (tertiary/aromatic N) is 3. The molecule has 0 saturated carbocycles. The van der Waals surface area contributed by atoms with Crippen molar-refractivity contribution in [1.29, 1.82) is 0 Å². The van der Waals surface area contributed by atoms with Crippen molar-refractivity contribution in [2.24, 2.45) is 0 Å². The van der Waals surface area contributed by atoms with E-state index >= 15 is 4.39 Å². The van der Waals surface area contributed by atoms with Crippen LogP contribution in [0.25, 0.3) is 11.1 Å². The van der Waals surface area contributed by atoms with Crippen LogP contribution in [0.5, 0.6) is 5.75 Å². The van der Waals surface area contributed by atoms with Crippen molar-refractivity contribution < 1.29 is 33.7 Å². The summed E-state index contributed by atoms with van der Waals surface area (Å²) < 4.78 is 27.5. The van der Waals surface area contributed by atoms with E-state index in [4.69, 9.17) is 32.7 Å². The van der Waals surface area contributed by atoms with Gasteiger partial charge >= 0.3 is 5.97 Å². The summed E-state index contributed by atoms with van der Waals surface area (Å²) >= 11 is 13.3. The number of benzene rings is 3. The van der Waals surface area contributed by atoms with Crippen LogP contribution in [-0.2, 0) is 11.3 Å². The lowest BCUT2D eigenvalue weighted by atomic mass is 9.93. The Hall–Kier alpha value is -3.57. The van der Waals surface area contributed by atoms with Gasteiger partial charge in [0.1, 0.15) is 11.6 Å². The van der Waals surface area contributed by atoms with Gasteiger partial charge in [0.15, 0.2) is 6.73 Å². The Bertz CT molecular complexity index is 1690. The highest BCUT2D eigenvalue weighted by atomic mass is 35.5. The van der Waals surface area contributed by atoms with Crippen molar-refractivity contribution in [3.63, 3.8) is 0 Å². The molecular formula is C34H34Cl2FN3O6. The number of carboxylic acid groups (broad SMARTS) is 1. The molecule has 3 saturated heterocycles. The van der Waals surface area contributed by atoms with E-state index in [9.17, 15) is 19.8 Å². The summed E-state index contributed by atoms with van der Waals surface area (Å²) in [5, 5.41) is 20.7. The Morgan fingerprint density at radius 1 is 1.00 bits per heavy atom. The van der Waals surface area contributed by atoms with Gasteiger partial charge in [0, 0.05) is 35.5 Å². The van der Waals surface area contributed by atoms with Gasteiger partial charge in [0.2, 0.25) is 0 Å². The van der Waals surface area contributed by atoms with E-state index in [1.54, 1.807) is 30.3 Å². The minimum Gasteiger partial charge on any atom is -0.478 e. The van der Waals surface area contributed by atoms with Crippen molar-refractivity contribution in [3.05, 3.63) is 75.0 Å². The van der Waals surface area contributed by atoms with Gasteiger partial charge in [-0.2, -0.15) is 0 Å². The first-order valence-corrected chi connectivity index (χ1v) is 16.2. The predicted molar refractivity (Wildman–Crippen MR) is 173 cm³/mol. The maximum atomic E-state index is 15.7. The number of ether oxygens (including phenoxy) is 2. The van der Waals surface area contributed by atoms with E-state index in [0.717, 1.165) is 24.6 Å². The normalized spacial score (nSPS) is 22.0. The molecular weight excluding hydrogens is 636 g/mol. The SMILES string of the molecule is CC1(O)CCN(c2cc(Cl)c(C(=O)N3COc4c(cccc4-c4cc(N5C6CCC5COC6)c(C(=O)O)cc4F)C3)c(Cl)c2)CC1. The summed E-state index contributed by atoms with van der Waals surface area (Å²) in [6.45, 7) is 4.15. The number of piperidine rings is 1. The molecule has 7 rings (SSSR count). The van der Waals surface area contributed by atoms with E-state index < -0.39 is 23.3 Å². The molecule has 242 valence electrons. The number of carbonyl (C=O) groups excluding carboxylic acids is 1. The second kappa shape index (κ2) is 11.9. The average Bonchev–Trinajstić information content (AvgIpc) is 3.26. The number of hydrogen-bond acceptors (Lipinski definition) is 7. The van der Waals surface area contributed by atoms with Gasteiger partial charge in [-0.15, -0.1) is 0 Å². The molecule has 2 atom stereocenters. The lowest BCUT2D eigenvalue weighted by Gasteiger charge is -2.37. The summed E-state index contributed by atoms with van der Waals surface area (Å²) in [7, 11) is 0. The zero-order valence-corrected chi connectivity index (χ0v) is 26.8. The highest BCUT2D eigenvalue weighted by Gasteiger charge is 2.40. The molecule has 0 spiro atoms. The first-order chi connectivity index (χ1) is 22.0. The lowest BCUT2D eigenvalue weighted by Crippen LogP contribution is -2.46. The molecule has 1 amide bonds. The smallest absolute Gasteiger partial charge is 0.337 e. The van der Waals surface area contributed by atoms with Crippen molar-refractivity contribution in [2.45, 2.75) is 56.8 Å². The van der Waals surface area contributed by atoms with Crippen molar-refractivity contribution >= 4 is 46.5 Å². The maximum absolute atomic E-state index is 15.7. The number of hydrogen-bond donors (Lipinski definition) is 2. The third kappa shape index (κ3) is 5.55. The lowest BCUT2D eigenvalue weighted by molar-refractivity contribution is 0.0351. The Labute approximate surface area is 276 Å². The third-order valence-corrected chi connectivity index (χ3v) is 10.3. The Balaban J connectivity index is 1.16. The molecule has 46 heavy (non-hydrogen) atoms. The van der Waals surface area contributed by atoms with Gasteiger partial charge in [-0.25, -0.2) is 9.18 Å². The number of fused-ring (bicyclic) bond motifs is 3. The second-order valence-electron chi connectivity index (χ2n) is 12.8. The molecule has 3 aromatic rings. The predicted octanol–water partition coefficient (Wildman–Crippen LogP) is 6.21. The van der Waals surface area contributed by atoms with Crippen LogP contribution in [0.4, 0.5) is 15.8 Å². The minimum atomic E-state index is -1.19. The third-order valence-electron chi connectivity index (χ3n) is 9.68. The Morgan fingerprint density at radius 2 is 1.67 bits per heavy atom. The number of carbonyl (C=O) groups is 2. The van der Waals surface area contributed by atoms with Crippen LogP contribution in [0.15, 0.2) is 42.5 Å². The van der Waals surface area contributed by atoms with Crippen LogP contribution in [0, 0.1) is 5.82 Å². The van der Waals surface area contributed by atoms with Crippen LogP contribution >= 0.6 is 23.2 Å². The fourth-order valence-electron chi connectivity index (χ4n) is 7.14. The van der Waals surface area contributed by atoms with Crippen LogP contribution < -0.4 is 14.5 Å². The van der Waals surface area contributed by atoms with E-state index in [2.05, 4.69) is 9.80 Å². The molecule has 3 fully saturated rings. The number of morpholine rings is 1. The molecule has 2 unspecified atom stereocenters. The molecule has 0 aliphatic carbocycles. The average molecular weight is 671 g/mol. The van der Waals surface area contributed by atoms with Gasteiger partial charge < -0.3 is 34.4 Å². The van der Waals surface area contributed by atoms with Crippen molar-refractivity contribution in [2.75, 3.05) is 42.8 Å². The van der Waals surface area contributed by atoms with Gasteiger partial charge in [-0.05, 0) is 56.9 Å². The van der Waals surface area contributed by atoms with Crippen LogP contribution in [-0.4, -0.2) is 77.7 Å². The van der Waals surface area contributed by atoms with Crippen LogP contribution in [0.2, 0.25) is 10.0 Å². The van der Waals surface area contributed by atoms with Gasteiger partial charge in [-0.3, -0.25) is 4.79 Å². The number of amides is 1. The number of carboxylic acids is 1.